The SMILES string of the molecule is Cc1nc(CNCc2c(C)nn(C)c2Cl)no1. The Kier molecular flexibility index (Phi) is 3.44. The van der Waals surface area contributed by atoms with Crippen LogP contribution in [0.4, 0.5) is 0 Å². The maximum Gasteiger partial charge on any atom is 0.223 e. The fourth-order valence-electron chi connectivity index (χ4n) is 1.59. The summed E-state index contributed by atoms with van der Waals surface area (Å²) in [5.74, 6) is 1.21. The molecule has 0 saturated carbocycles. The zero-order valence-electron chi connectivity index (χ0n) is 9.99. The third-order valence-corrected chi connectivity index (χ3v) is 2.90. The molecule has 92 valence electrons. The van der Waals surface area contributed by atoms with Crippen LogP contribution in [-0.2, 0) is 20.1 Å². The van der Waals surface area contributed by atoms with Crippen molar-refractivity contribution in [2.75, 3.05) is 0 Å². The molecule has 2 aromatic rings. The molecule has 1 N–H and O–H groups in total. The third kappa shape index (κ3) is 2.65. The van der Waals surface area contributed by atoms with Crippen LogP contribution in [0.15, 0.2) is 4.52 Å². The van der Waals surface area contributed by atoms with E-state index in [9.17, 15) is 0 Å². The highest BCUT2D eigenvalue weighted by Crippen LogP contribution is 2.18. The van der Waals surface area contributed by atoms with E-state index in [1.165, 1.54) is 0 Å². The molecule has 0 spiro atoms. The Balaban J connectivity index is 1.94. The van der Waals surface area contributed by atoms with Crippen molar-refractivity contribution in [3.05, 3.63) is 28.1 Å². The van der Waals surface area contributed by atoms with Crippen molar-refractivity contribution in [3.8, 4) is 0 Å². The minimum Gasteiger partial charge on any atom is -0.340 e. The van der Waals surface area contributed by atoms with Gasteiger partial charge in [-0.1, -0.05) is 16.8 Å². The first-order valence-electron chi connectivity index (χ1n) is 5.26. The van der Waals surface area contributed by atoms with Gasteiger partial charge in [0.05, 0.1) is 12.2 Å². The molecule has 17 heavy (non-hydrogen) atoms. The standard InChI is InChI=1S/C10H14ClN5O/c1-6-8(10(11)16(3)14-6)4-12-5-9-13-7(2)17-15-9/h12H,4-5H2,1-3H3. The monoisotopic (exact) mass is 255 g/mol. The van der Waals surface area contributed by atoms with E-state index in [1.54, 1.807) is 11.6 Å². The van der Waals surface area contributed by atoms with Crippen molar-refractivity contribution in [2.24, 2.45) is 7.05 Å². The van der Waals surface area contributed by atoms with Crippen LogP contribution in [0.2, 0.25) is 5.15 Å². The molecule has 0 aliphatic heterocycles. The fraction of sp³-hybridized carbons (Fsp3) is 0.500. The van der Waals surface area contributed by atoms with Crippen molar-refractivity contribution in [3.63, 3.8) is 0 Å². The molecule has 0 saturated heterocycles. The molecular weight excluding hydrogens is 242 g/mol. The second-order valence-electron chi connectivity index (χ2n) is 3.81. The molecule has 2 heterocycles. The molecule has 0 radical (unpaired) electrons. The quantitative estimate of drug-likeness (QED) is 0.894. The molecule has 2 rings (SSSR count). The summed E-state index contributed by atoms with van der Waals surface area (Å²) in [5.41, 5.74) is 1.92. The molecule has 0 aromatic carbocycles. The lowest BCUT2D eigenvalue weighted by molar-refractivity contribution is 0.385. The van der Waals surface area contributed by atoms with Crippen molar-refractivity contribution in [1.29, 1.82) is 0 Å². The molecule has 0 atom stereocenters. The van der Waals surface area contributed by atoms with E-state index in [0.29, 0.717) is 30.0 Å². The van der Waals surface area contributed by atoms with Gasteiger partial charge in [-0.25, -0.2) is 0 Å². The predicted molar refractivity (Wildman–Crippen MR) is 62.5 cm³/mol. The molecule has 0 bridgehead atoms. The van der Waals surface area contributed by atoms with Gasteiger partial charge < -0.3 is 9.84 Å². The largest absolute Gasteiger partial charge is 0.340 e. The number of aromatic nitrogens is 4. The Hall–Kier alpha value is -1.40. The highest BCUT2D eigenvalue weighted by atomic mass is 35.5. The van der Waals surface area contributed by atoms with Crippen molar-refractivity contribution in [1.82, 2.24) is 25.2 Å². The van der Waals surface area contributed by atoms with Crippen LogP contribution in [0.25, 0.3) is 0 Å². The lowest BCUT2D eigenvalue weighted by Gasteiger charge is -2.01. The first-order chi connectivity index (χ1) is 8.08. The summed E-state index contributed by atoms with van der Waals surface area (Å²) in [7, 11) is 1.82. The molecule has 6 nitrogen and oxygen atoms in total. The molecule has 0 aliphatic rings. The third-order valence-electron chi connectivity index (χ3n) is 2.42. The summed E-state index contributed by atoms with van der Waals surface area (Å²) in [5, 5.41) is 11.9. The molecule has 7 heteroatoms. The normalized spacial score (nSPS) is 11.1. The van der Waals surface area contributed by atoms with Gasteiger partial charge in [-0.3, -0.25) is 4.68 Å². The van der Waals surface area contributed by atoms with Crippen LogP contribution >= 0.6 is 11.6 Å². The molecule has 0 unspecified atom stereocenters. The van der Waals surface area contributed by atoms with Crippen LogP contribution in [0, 0.1) is 13.8 Å². The number of rotatable bonds is 4. The van der Waals surface area contributed by atoms with E-state index in [-0.39, 0.29) is 0 Å². The van der Waals surface area contributed by atoms with Crippen LogP contribution in [0.1, 0.15) is 23.0 Å². The van der Waals surface area contributed by atoms with E-state index >= 15 is 0 Å². The van der Waals surface area contributed by atoms with Crippen LogP contribution < -0.4 is 5.32 Å². The Morgan fingerprint density at radius 3 is 2.65 bits per heavy atom. The number of halogens is 1. The molecule has 0 fully saturated rings. The van der Waals surface area contributed by atoms with Gasteiger partial charge in [0.2, 0.25) is 5.89 Å². The second-order valence-corrected chi connectivity index (χ2v) is 4.17. The Morgan fingerprint density at radius 1 is 1.35 bits per heavy atom. The van der Waals surface area contributed by atoms with E-state index in [0.717, 1.165) is 11.3 Å². The number of hydrogen-bond acceptors (Lipinski definition) is 5. The maximum absolute atomic E-state index is 6.11. The average Bonchev–Trinajstić information content (AvgIpc) is 2.78. The Bertz CT molecular complexity index is 519. The maximum atomic E-state index is 6.11. The van der Waals surface area contributed by atoms with Crippen molar-refractivity contribution < 1.29 is 4.52 Å². The van der Waals surface area contributed by atoms with Gasteiger partial charge in [-0.15, -0.1) is 0 Å². The topological polar surface area (TPSA) is 68.8 Å². The molecular formula is C10H14ClN5O. The number of nitrogens with one attached hydrogen (secondary N) is 1. The minimum atomic E-state index is 0.544. The minimum absolute atomic E-state index is 0.544. The van der Waals surface area contributed by atoms with Crippen LogP contribution in [-0.4, -0.2) is 19.9 Å². The van der Waals surface area contributed by atoms with E-state index in [1.807, 2.05) is 14.0 Å². The van der Waals surface area contributed by atoms with Crippen molar-refractivity contribution >= 4 is 11.6 Å². The first kappa shape index (κ1) is 12.1. The fourth-order valence-corrected chi connectivity index (χ4v) is 1.83. The molecule has 0 amide bonds. The zero-order valence-corrected chi connectivity index (χ0v) is 10.7. The van der Waals surface area contributed by atoms with Gasteiger partial charge in [0.25, 0.3) is 0 Å². The number of aryl methyl sites for hydroxylation is 3. The lowest BCUT2D eigenvalue weighted by atomic mass is 10.2. The highest BCUT2D eigenvalue weighted by Gasteiger charge is 2.10. The molecule has 0 aliphatic carbocycles. The van der Waals surface area contributed by atoms with Gasteiger partial charge in [0.15, 0.2) is 5.82 Å². The Morgan fingerprint density at radius 2 is 2.12 bits per heavy atom. The summed E-state index contributed by atoms with van der Waals surface area (Å²) in [4.78, 5) is 4.10. The average molecular weight is 256 g/mol. The van der Waals surface area contributed by atoms with Crippen molar-refractivity contribution in [2.45, 2.75) is 26.9 Å². The van der Waals surface area contributed by atoms with Gasteiger partial charge in [0.1, 0.15) is 5.15 Å². The van der Waals surface area contributed by atoms with Gasteiger partial charge in [-0.2, -0.15) is 10.1 Å². The number of nitrogens with zero attached hydrogens (tertiary/aromatic N) is 4. The smallest absolute Gasteiger partial charge is 0.223 e. The number of hydrogen-bond donors (Lipinski definition) is 1. The van der Waals surface area contributed by atoms with Gasteiger partial charge >= 0.3 is 0 Å². The Labute approximate surface area is 104 Å². The molecule has 2 aromatic heterocycles. The van der Waals surface area contributed by atoms with Gasteiger partial charge in [0, 0.05) is 26.1 Å². The predicted octanol–water partition coefficient (Wildman–Crippen LogP) is 1.36. The van der Waals surface area contributed by atoms with E-state index < -0.39 is 0 Å². The summed E-state index contributed by atoms with van der Waals surface area (Å²) in [6.45, 7) is 4.87. The highest BCUT2D eigenvalue weighted by molar-refractivity contribution is 6.30. The van der Waals surface area contributed by atoms with Crippen LogP contribution in [0.3, 0.4) is 0 Å². The van der Waals surface area contributed by atoms with E-state index in [4.69, 9.17) is 16.1 Å². The van der Waals surface area contributed by atoms with Crippen LogP contribution in [0.5, 0.6) is 0 Å². The second kappa shape index (κ2) is 4.85. The van der Waals surface area contributed by atoms with E-state index in [2.05, 4.69) is 20.6 Å². The summed E-state index contributed by atoms with van der Waals surface area (Å²) < 4.78 is 6.53. The zero-order chi connectivity index (χ0) is 12.4. The summed E-state index contributed by atoms with van der Waals surface area (Å²) in [6.07, 6.45) is 0. The summed E-state index contributed by atoms with van der Waals surface area (Å²) >= 11 is 6.11. The first-order valence-corrected chi connectivity index (χ1v) is 5.63. The lowest BCUT2D eigenvalue weighted by Crippen LogP contribution is -2.14. The summed E-state index contributed by atoms with van der Waals surface area (Å²) in [6, 6.07) is 0. The van der Waals surface area contributed by atoms with Gasteiger partial charge in [-0.05, 0) is 6.92 Å².